The van der Waals surface area contributed by atoms with Crippen LogP contribution in [0.4, 0.5) is 0 Å². The van der Waals surface area contributed by atoms with Gasteiger partial charge >= 0.3 is 0 Å². The monoisotopic (exact) mass is 288 g/mol. The van der Waals surface area contributed by atoms with Crippen LogP contribution in [0.25, 0.3) is 0 Å². The Morgan fingerprint density at radius 3 is 2.38 bits per heavy atom. The molecule has 110 valence electrons. The minimum absolute atomic E-state index is 0.242. The number of nitrogens with two attached hydrogens (primary N) is 1. The number of hydrogen-bond acceptors (Lipinski definition) is 6. The summed E-state index contributed by atoms with van der Waals surface area (Å²) in [6.07, 6.45) is 0.760. The summed E-state index contributed by atoms with van der Waals surface area (Å²) in [6, 6.07) is 5.34. The lowest BCUT2D eigenvalue weighted by Crippen LogP contribution is -2.70. The summed E-state index contributed by atoms with van der Waals surface area (Å²) in [7, 11) is 0. The Balaban J connectivity index is 2.77. The Hall–Kier alpha value is -2.14. The number of nitriles is 3. The molecule has 7 nitrogen and oxygen atoms in total. The Morgan fingerprint density at radius 1 is 1.29 bits per heavy atom. The van der Waals surface area contributed by atoms with Crippen molar-refractivity contribution in [3.05, 3.63) is 0 Å². The van der Waals surface area contributed by atoms with E-state index in [-0.39, 0.29) is 6.42 Å². The van der Waals surface area contributed by atoms with Crippen LogP contribution in [0.2, 0.25) is 0 Å². The van der Waals surface area contributed by atoms with Crippen molar-refractivity contribution in [2.24, 2.45) is 22.5 Å². The molecule has 4 atom stereocenters. The maximum atomic E-state index is 12.1. The van der Waals surface area contributed by atoms with Crippen molar-refractivity contribution < 1.29 is 14.6 Å². The van der Waals surface area contributed by atoms with Gasteiger partial charge < -0.3 is 15.6 Å². The van der Waals surface area contributed by atoms with E-state index in [1.165, 1.54) is 6.92 Å². The molecule has 3 N–H and O–H groups in total. The van der Waals surface area contributed by atoms with E-state index in [1.807, 2.05) is 0 Å². The Bertz CT molecular complexity index is 585. The van der Waals surface area contributed by atoms with Crippen LogP contribution in [0, 0.1) is 50.7 Å². The zero-order valence-electron chi connectivity index (χ0n) is 11.7. The van der Waals surface area contributed by atoms with Crippen molar-refractivity contribution >= 4 is 5.91 Å². The van der Waals surface area contributed by atoms with E-state index in [2.05, 4.69) is 0 Å². The molecule has 1 aliphatic carbocycles. The maximum absolute atomic E-state index is 12.1. The molecule has 0 aromatic heterocycles. The van der Waals surface area contributed by atoms with Gasteiger partial charge in [0.15, 0.2) is 16.6 Å². The maximum Gasteiger partial charge on any atom is 0.241 e. The third-order valence-corrected chi connectivity index (χ3v) is 4.88. The fourth-order valence-electron chi connectivity index (χ4n) is 3.78. The second kappa shape index (κ2) is 4.70. The van der Waals surface area contributed by atoms with Crippen LogP contribution >= 0.6 is 0 Å². The van der Waals surface area contributed by atoms with E-state index in [9.17, 15) is 25.7 Å². The van der Waals surface area contributed by atoms with Crippen LogP contribution in [0.1, 0.15) is 32.6 Å². The highest BCUT2D eigenvalue weighted by atomic mass is 16.6. The predicted molar refractivity (Wildman–Crippen MR) is 68.4 cm³/mol. The second-order valence-corrected chi connectivity index (χ2v) is 5.72. The SMILES string of the molecule is C[C@@H]1O[C@]2(O)CCCC[C@H]2[C@](C#N)(C(N)=O)C1(C#N)C#N. The molecule has 1 saturated heterocycles. The highest BCUT2D eigenvalue weighted by molar-refractivity contribution is 5.87. The number of fused-ring (bicyclic) bond motifs is 1. The molecule has 2 aliphatic rings. The number of hydrogen-bond donors (Lipinski definition) is 2. The summed E-state index contributed by atoms with van der Waals surface area (Å²) in [5.41, 5.74) is 1.30. The molecule has 21 heavy (non-hydrogen) atoms. The number of carbonyl (C=O) groups is 1. The molecule has 1 saturated carbocycles. The molecular formula is C14H16N4O3. The molecule has 7 heteroatoms. The number of aliphatic hydroxyl groups is 1. The first-order valence-electron chi connectivity index (χ1n) is 6.78. The van der Waals surface area contributed by atoms with E-state index in [4.69, 9.17) is 10.5 Å². The molecule has 1 amide bonds. The summed E-state index contributed by atoms with van der Waals surface area (Å²) in [5.74, 6) is -3.76. The van der Waals surface area contributed by atoms with Crippen molar-refractivity contribution in [2.75, 3.05) is 0 Å². The molecule has 1 aliphatic heterocycles. The molecular weight excluding hydrogens is 272 g/mol. The Kier molecular flexibility index (Phi) is 3.41. The molecule has 1 heterocycles. The molecule has 2 rings (SSSR count). The van der Waals surface area contributed by atoms with Gasteiger partial charge in [0.1, 0.15) is 0 Å². The van der Waals surface area contributed by atoms with Crippen molar-refractivity contribution in [3.63, 3.8) is 0 Å². The van der Waals surface area contributed by atoms with Crippen LogP contribution in [-0.2, 0) is 9.53 Å². The number of primary amides is 1. The van der Waals surface area contributed by atoms with E-state index in [0.717, 1.165) is 0 Å². The van der Waals surface area contributed by atoms with E-state index >= 15 is 0 Å². The second-order valence-electron chi connectivity index (χ2n) is 5.72. The normalized spacial score (nSPS) is 40.9. The van der Waals surface area contributed by atoms with E-state index in [1.54, 1.807) is 18.2 Å². The highest BCUT2D eigenvalue weighted by Crippen LogP contribution is 2.59. The minimum Gasteiger partial charge on any atom is -0.368 e. The summed E-state index contributed by atoms with van der Waals surface area (Å²) in [5, 5.41) is 39.4. The summed E-state index contributed by atoms with van der Waals surface area (Å²) >= 11 is 0. The lowest BCUT2D eigenvalue weighted by atomic mass is 9.50. The molecule has 0 spiro atoms. The van der Waals surface area contributed by atoms with Gasteiger partial charge in [-0.1, -0.05) is 6.42 Å². The Labute approximate surface area is 122 Å². The minimum atomic E-state index is -2.09. The largest absolute Gasteiger partial charge is 0.368 e. The van der Waals surface area contributed by atoms with E-state index < -0.39 is 34.5 Å². The van der Waals surface area contributed by atoms with Crippen molar-refractivity contribution in [1.29, 1.82) is 15.8 Å². The van der Waals surface area contributed by atoms with Gasteiger partial charge in [0, 0.05) is 12.3 Å². The highest BCUT2D eigenvalue weighted by Gasteiger charge is 2.73. The fourth-order valence-corrected chi connectivity index (χ4v) is 3.78. The third kappa shape index (κ3) is 1.61. The summed E-state index contributed by atoms with van der Waals surface area (Å²) in [6.45, 7) is 1.41. The average molecular weight is 288 g/mol. The van der Waals surface area contributed by atoms with Crippen LogP contribution in [0.5, 0.6) is 0 Å². The molecule has 0 unspecified atom stereocenters. The summed E-state index contributed by atoms with van der Waals surface area (Å²) in [4.78, 5) is 12.1. The molecule has 0 aromatic rings. The first-order valence-corrected chi connectivity index (χ1v) is 6.78. The van der Waals surface area contributed by atoms with E-state index in [0.29, 0.717) is 19.3 Å². The zero-order chi connectivity index (χ0) is 15.9. The molecule has 2 fully saturated rings. The lowest BCUT2D eigenvalue weighted by molar-refractivity contribution is -0.332. The van der Waals surface area contributed by atoms with Gasteiger partial charge in [0.2, 0.25) is 5.91 Å². The predicted octanol–water partition coefficient (Wildman–Crippen LogP) is 0.313. The van der Waals surface area contributed by atoms with Crippen LogP contribution in [0.3, 0.4) is 0 Å². The van der Waals surface area contributed by atoms with Gasteiger partial charge in [-0.3, -0.25) is 4.79 Å². The zero-order valence-corrected chi connectivity index (χ0v) is 11.7. The molecule has 0 bridgehead atoms. The molecule has 0 radical (unpaired) electrons. The average Bonchev–Trinajstić information content (AvgIpc) is 2.45. The Morgan fingerprint density at radius 2 is 1.90 bits per heavy atom. The van der Waals surface area contributed by atoms with Crippen LogP contribution in [-0.4, -0.2) is 22.9 Å². The summed E-state index contributed by atoms with van der Waals surface area (Å²) < 4.78 is 5.53. The number of rotatable bonds is 1. The van der Waals surface area contributed by atoms with Crippen LogP contribution in [0.15, 0.2) is 0 Å². The third-order valence-electron chi connectivity index (χ3n) is 4.88. The topological polar surface area (TPSA) is 144 Å². The first kappa shape index (κ1) is 15.3. The van der Waals surface area contributed by atoms with Gasteiger partial charge in [0.05, 0.1) is 24.3 Å². The van der Waals surface area contributed by atoms with Gasteiger partial charge in [-0.05, 0) is 19.8 Å². The van der Waals surface area contributed by atoms with Crippen molar-refractivity contribution in [3.8, 4) is 18.2 Å². The first-order chi connectivity index (χ1) is 9.84. The smallest absolute Gasteiger partial charge is 0.241 e. The lowest BCUT2D eigenvalue weighted by Gasteiger charge is -2.56. The number of ether oxygens (including phenoxy) is 1. The number of amides is 1. The van der Waals surface area contributed by atoms with Crippen molar-refractivity contribution in [1.82, 2.24) is 0 Å². The van der Waals surface area contributed by atoms with Gasteiger partial charge in [0.25, 0.3) is 0 Å². The van der Waals surface area contributed by atoms with Crippen molar-refractivity contribution in [2.45, 2.75) is 44.5 Å². The van der Waals surface area contributed by atoms with Crippen LogP contribution < -0.4 is 5.73 Å². The standard InChI is InChI=1S/C14H16N4O3/c1-9-12(6-15,7-16)13(8-17,11(18)19)10-4-2-3-5-14(10,20)21-9/h9-10,20H,2-5H2,1H3,(H2,18,19)/t9-,10-,13+,14+/m0/s1. The van der Waals surface area contributed by atoms with Gasteiger partial charge in [-0.25, -0.2) is 0 Å². The van der Waals surface area contributed by atoms with Gasteiger partial charge in [-0.2, -0.15) is 15.8 Å². The molecule has 0 aromatic carbocycles. The quantitative estimate of drug-likeness (QED) is 0.710. The fraction of sp³-hybridized carbons (Fsp3) is 0.714. The number of carbonyl (C=O) groups excluding carboxylic acids is 1. The van der Waals surface area contributed by atoms with Gasteiger partial charge in [-0.15, -0.1) is 0 Å². The number of nitrogens with zero attached hydrogens (tertiary/aromatic N) is 3.